The molecule has 0 radical (unpaired) electrons. The largest absolute Gasteiger partial charge is 0.485 e. The van der Waals surface area contributed by atoms with Crippen LogP contribution in [-0.2, 0) is 6.54 Å². The smallest absolute Gasteiger partial charge is 0.269 e. The number of benzene rings is 1. The lowest BCUT2D eigenvalue weighted by Gasteiger charge is -2.27. The maximum Gasteiger partial charge on any atom is 0.269 e. The number of aliphatic imine (C=N–C) groups is 1. The van der Waals surface area contributed by atoms with E-state index in [2.05, 4.69) is 38.6 Å². The fourth-order valence-corrected chi connectivity index (χ4v) is 4.55. The summed E-state index contributed by atoms with van der Waals surface area (Å²) in [7, 11) is 0. The fourth-order valence-electron chi connectivity index (χ4n) is 4.55. The molecule has 3 aromatic heterocycles. The van der Waals surface area contributed by atoms with E-state index >= 15 is 0 Å². The molecule has 2 aliphatic rings. The van der Waals surface area contributed by atoms with Gasteiger partial charge in [-0.05, 0) is 39.5 Å². The topological polar surface area (TPSA) is 193 Å². The molecule has 4 heterocycles. The summed E-state index contributed by atoms with van der Waals surface area (Å²) in [4.78, 5) is 23.4. The van der Waals surface area contributed by atoms with Gasteiger partial charge in [0.25, 0.3) is 5.69 Å². The van der Waals surface area contributed by atoms with Crippen molar-refractivity contribution in [2.75, 3.05) is 19.7 Å². The molecule has 1 aliphatic carbocycles. The number of allylic oxidation sites excluding steroid dienone is 1. The van der Waals surface area contributed by atoms with Crippen LogP contribution in [0.3, 0.4) is 0 Å². The highest BCUT2D eigenvalue weighted by Gasteiger charge is 2.36. The van der Waals surface area contributed by atoms with Crippen molar-refractivity contribution in [3.05, 3.63) is 82.9 Å². The molecule has 14 nitrogen and oxygen atoms in total. The van der Waals surface area contributed by atoms with Crippen LogP contribution in [0.2, 0.25) is 0 Å². The number of aryl methyl sites for hydroxylation is 2. The zero-order valence-corrected chi connectivity index (χ0v) is 27.6. The van der Waals surface area contributed by atoms with E-state index in [4.69, 9.17) is 25.2 Å². The van der Waals surface area contributed by atoms with Crippen LogP contribution < -0.4 is 15.8 Å². The third kappa shape index (κ3) is 8.98. The minimum absolute atomic E-state index is 0.144. The maximum atomic E-state index is 10.1. The number of hydrogen-bond acceptors (Lipinski definition) is 12. The predicted octanol–water partition coefficient (Wildman–Crippen LogP) is 5.74. The van der Waals surface area contributed by atoms with E-state index in [-0.39, 0.29) is 17.7 Å². The van der Waals surface area contributed by atoms with Crippen LogP contribution in [0.4, 0.5) is 11.5 Å². The average molecular weight is 658 g/mol. The SMILES string of the molecule is C=CCCn1nc(-c2noc(C3CC3)c2-c2ncc(OC3CNC3)cn2)c(C(=C)N)c1/N=C\C.CCCO.Cc1ccc([N+](=O)[O-])cc1. The van der Waals surface area contributed by atoms with Gasteiger partial charge in [0.05, 0.1) is 28.4 Å². The van der Waals surface area contributed by atoms with Crippen molar-refractivity contribution in [1.82, 2.24) is 30.2 Å². The molecule has 48 heavy (non-hydrogen) atoms. The highest BCUT2D eigenvalue weighted by Crippen LogP contribution is 2.48. The number of aliphatic hydroxyl groups excluding tert-OH is 1. The van der Waals surface area contributed by atoms with E-state index in [1.807, 2.05) is 26.8 Å². The summed E-state index contributed by atoms with van der Waals surface area (Å²) >= 11 is 0. The van der Waals surface area contributed by atoms with Gasteiger partial charge >= 0.3 is 0 Å². The number of nitrogens with one attached hydrogen (secondary N) is 1. The average Bonchev–Trinajstić information content (AvgIpc) is 3.71. The van der Waals surface area contributed by atoms with Crippen LogP contribution in [-0.4, -0.2) is 66.9 Å². The summed E-state index contributed by atoms with van der Waals surface area (Å²) in [5.41, 5.74) is 10.2. The maximum absolute atomic E-state index is 10.1. The van der Waals surface area contributed by atoms with E-state index in [9.17, 15) is 10.1 Å². The van der Waals surface area contributed by atoms with Gasteiger partial charge in [0.2, 0.25) is 0 Å². The molecule has 0 atom stereocenters. The van der Waals surface area contributed by atoms with Crippen LogP contribution in [0.1, 0.15) is 62.3 Å². The summed E-state index contributed by atoms with van der Waals surface area (Å²) in [6.45, 7) is 16.0. The molecule has 1 aliphatic heterocycles. The Labute approximate surface area is 279 Å². The monoisotopic (exact) mass is 657 g/mol. The van der Waals surface area contributed by atoms with Crippen LogP contribution in [0.25, 0.3) is 28.5 Å². The first kappa shape index (κ1) is 35.6. The Morgan fingerprint density at radius 1 is 1.25 bits per heavy atom. The fraction of sp³-hybridized carbons (Fsp3) is 0.382. The first-order chi connectivity index (χ1) is 23.2. The van der Waals surface area contributed by atoms with E-state index < -0.39 is 4.92 Å². The van der Waals surface area contributed by atoms with Gasteiger partial charge in [-0.2, -0.15) is 5.10 Å². The molecule has 2 fully saturated rings. The number of hydrogen-bond donors (Lipinski definition) is 3. The van der Waals surface area contributed by atoms with Crippen molar-refractivity contribution in [3.63, 3.8) is 0 Å². The van der Waals surface area contributed by atoms with Crippen molar-refractivity contribution in [1.29, 1.82) is 0 Å². The number of rotatable bonds is 12. The number of nitro groups is 1. The molecular formula is C34H43N9O5. The summed E-state index contributed by atoms with van der Waals surface area (Å²) in [6.07, 6.45) is 10.7. The number of nitrogens with zero attached hydrogens (tertiary/aromatic N) is 7. The first-order valence-corrected chi connectivity index (χ1v) is 15.9. The molecule has 4 N–H and O–H groups in total. The summed E-state index contributed by atoms with van der Waals surface area (Å²) in [6, 6.07) is 6.43. The van der Waals surface area contributed by atoms with E-state index in [1.54, 1.807) is 35.4 Å². The molecular weight excluding hydrogens is 614 g/mol. The predicted molar refractivity (Wildman–Crippen MR) is 185 cm³/mol. The zero-order chi connectivity index (χ0) is 34.6. The van der Waals surface area contributed by atoms with Crippen molar-refractivity contribution in [2.24, 2.45) is 10.7 Å². The van der Waals surface area contributed by atoms with Crippen LogP contribution in [0, 0.1) is 17.0 Å². The normalized spacial score (nSPS) is 13.9. The quantitative estimate of drug-likeness (QED) is 0.0728. The summed E-state index contributed by atoms with van der Waals surface area (Å²) in [5.74, 6) is 2.81. The Balaban J connectivity index is 0.000000311. The molecule has 0 amide bonds. The minimum atomic E-state index is -0.403. The Morgan fingerprint density at radius 2 is 1.92 bits per heavy atom. The van der Waals surface area contributed by atoms with Crippen molar-refractivity contribution in [2.45, 2.75) is 65.0 Å². The molecule has 6 rings (SSSR count). The van der Waals surface area contributed by atoms with E-state index in [1.165, 1.54) is 12.1 Å². The van der Waals surface area contributed by atoms with Crippen molar-refractivity contribution < 1.29 is 19.3 Å². The lowest BCUT2D eigenvalue weighted by atomic mass is 10.0. The minimum Gasteiger partial charge on any atom is -0.485 e. The highest BCUT2D eigenvalue weighted by molar-refractivity contribution is 5.88. The standard InChI is InChI=1S/C24H28N8O2.C7H7NO2.C3H8O/c1-4-6-9-32-24(27-5-2)18(14(3)25)20(30-32)21-19(22(34-31-21)15-7-8-15)23-28-12-17(13-29-23)33-16-10-26-11-16;1-6-2-4-7(5-3-6)8(9)10;1-2-3-4/h4-5,12-13,15-16,26H,1,3,6-11,25H2,2H3;2-5H,1H3;4H,2-3H2,1H3/b27-5-;;. The van der Waals surface area contributed by atoms with Gasteiger partial charge in [0, 0.05) is 56.2 Å². The van der Waals surface area contributed by atoms with E-state index in [0.29, 0.717) is 53.2 Å². The zero-order valence-electron chi connectivity index (χ0n) is 27.6. The lowest BCUT2D eigenvalue weighted by molar-refractivity contribution is -0.384. The number of aromatic nitrogens is 5. The number of aliphatic hydroxyl groups is 1. The first-order valence-electron chi connectivity index (χ1n) is 15.9. The molecule has 1 saturated heterocycles. The van der Waals surface area contributed by atoms with Crippen LogP contribution in [0.5, 0.6) is 5.75 Å². The lowest BCUT2D eigenvalue weighted by Crippen LogP contribution is -2.50. The number of nitrogens with two attached hydrogens (primary N) is 1. The number of nitro benzene ring substituents is 1. The van der Waals surface area contributed by atoms with Crippen LogP contribution in [0.15, 0.2) is 65.4 Å². The molecule has 0 unspecified atom stereocenters. The van der Waals surface area contributed by atoms with Gasteiger partial charge in [0.15, 0.2) is 23.2 Å². The van der Waals surface area contributed by atoms with Gasteiger partial charge in [-0.15, -0.1) is 6.58 Å². The molecule has 0 spiro atoms. The summed E-state index contributed by atoms with van der Waals surface area (Å²) in [5, 5.41) is 30.4. The molecule has 1 saturated carbocycles. The van der Waals surface area contributed by atoms with Gasteiger partial charge in [-0.25, -0.2) is 19.6 Å². The molecule has 1 aromatic carbocycles. The molecule has 4 aromatic rings. The second-order valence-corrected chi connectivity index (χ2v) is 11.3. The molecule has 0 bridgehead atoms. The van der Waals surface area contributed by atoms with Gasteiger partial charge in [-0.1, -0.05) is 42.4 Å². The second-order valence-electron chi connectivity index (χ2n) is 11.3. The Morgan fingerprint density at radius 3 is 2.42 bits per heavy atom. The Kier molecular flexibility index (Phi) is 12.7. The highest BCUT2D eigenvalue weighted by atomic mass is 16.6. The number of non-ortho nitro benzene ring substituents is 1. The second kappa shape index (κ2) is 17.1. The Hall–Kier alpha value is -5.21. The van der Waals surface area contributed by atoms with E-state index in [0.717, 1.165) is 55.7 Å². The molecule has 14 heteroatoms. The van der Waals surface area contributed by atoms with Crippen molar-refractivity contribution in [3.8, 4) is 28.5 Å². The third-order valence-electron chi connectivity index (χ3n) is 7.30. The number of ether oxygens (including phenoxy) is 1. The summed E-state index contributed by atoms with van der Waals surface area (Å²) < 4.78 is 13.5. The van der Waals surface area contributed by atoms with Gasteiger partial charge in [0.1, 0.15) is 17.5 Å². The van der Waals surface area contributed by atoms with Crippen molar-refractivity contribution >= 4 is 23.4 Å². The third-order valence-corrected chi connectivity index (χ3v) is 7.30. The van der Waals surface area contributed by atoms with Crippen LogP contribution >= 0.6 is 0 Å². The van der Waals surface area contributed by atoms with Gasteiger partial charge < -0.3 is 25.4 Å². The molecule has 254 valence electrons. The van der Waals surface area contributed by atoms with Gasteiger partial charge in [-0.3, -0.25) is 10.1 Å². The Bertz CT molecular complexity index is 1700.